The van der Waals surface area contributed by atoms with Crippen LogP contribution in [0.25, 0.3) is 6.08 Å². The lowest BCUT2D eigenvalue weighted by atomic mass is 10.1. The zero-order valence-corrected chi connectivity index (χ0v) is 18.7. The van der Waals surface area contributed by atoms with E-state index in [4.69, 9.17) is 14.6 Å². The molecule has 0 aliphatic rings. The van der Waals surface area contributed by atoms with Crippen molar-refractivity contribution >= 4 is 17.8 Å². The van der Waals surface area contributed by atoms with E-state index in [1.54, 1.807) is 84.6 Å². The Bertz CT molecular complexity index is 1180. The predicted octanol–water partition coefficient (Wildman–Crippen LogP) is 4.96. The quantitative estimate of drug-likeness (QED) is 0.441. The van der Waals surface area contributed by atoms with Crippen molar-refractivity contribution < 1.29 is 28.6 Å². The zero-order chi connectivity index (χ0) is 24.0. The van der Waals surface area contributed by atoms with Crippen LogP contribution in [0.15, 0.2) is 66.9 Å². The first kappa shape index (κ1) is 23.9. The lowest BCUT2D eigenvalue weighted by molar-refractivity contribution is -0.162. The summed E-state index contributed by atoms with van der Waals surface area (Å²) in [6.45, 7) is 3.03. The van der Waals surface area contributed by atoms with Crippen LogP contribution in [0.2, 0.25) is 0 Å². The van der Waals surface area contributed by atoms with Crippen LogP contribution in [0.1, 0.15) is 41.0 Å². The van der Waals surface area contributed by atoms with Crippen LogP contribution < -0.4 is 4.74 Å². The molecule has 0 fully saturated rings. The van der Waals surface area contributed by atoms with Gasteiger partial charge in [-0.2, -0.15) is 0 Å². The largest absolute Gasteiger partial charge is 0.497 e. The minimum atomic E-state index is -1.42. The number of allylic oxidation sites excluding steroid dienone is 1. The number of carboxylic acid groups (broad SMARTS) is 1. The van der Waals surface area contributed by atoms with E-state index in [9.17, 15) is 14.0 Å². The molecule has 0 amide bonds. The summed E-state index contributed by atoms with van der Waals surface area (Å²) in [5, 5.41) is 9.15. The van der Waals surface area contributed by atoms with Crippen molar-refractivity contribution in [2.45, 2.75) is 32.6 Å². The highest BCUT2D eigenvalue weighted by atomic mass is 19.1. The lowest BCUT2D eigenvalue weighted by Gasteiger charge is -2.20. The Hall–Kier alpha value is -3.71. The van der Waals surface area contributed by atoms with Crippen molar-refractivity contribution in [3.63, 3.8) is 0 Å². The Morgan fingerprint density at radius 3 is 2.61 bits per heavy atom. The standard InChI is InChI=1S/C26H26FNO5/c1-26(2,25(30)31)33-17-20-10-4-8-18(23(20)27)11-6-14-28-15-7-13-22(28)24(29)19-9-5-12-21(16-19)32-3/h4-13,15-16H,14,17H2,1-3H3,(H,30,31). The van der Waals surface area contributed by atoms with Gasteiger partial charge in [-0.1, -0.05) is 42.5 Å². The molecule has 7 heteroatoms. The molecule has 6 nitrogen and oxygen atoms in total. The van der Waals surface area contributed by atoms with E-state index < -0.39 is 17.4 Å². The highest BCUT2D eigenvalue weighted by molar-refractivity contribution is 6.08. The molecule has 0 aliphatic carbocycles. The summed E-state index contributed by atoms with van der Waals surface area (Å²) in [5.41, 5.74) is 0.212. The molecule has 0 saturated carbocycles. The SMILES string of the molecule is COc1cccc(C(=O)c2cccn2CC=Cc2cccc(COC(C)(C)C(=O)O)c2F)c1. The Morgan fingerprint density at radius 1 is 1.12 bits per heavy atom. The molecule has 0 atom stereocenters. The maximum Gasteiger partial charge on any atom is 0.335 e. The molecule has 1 heterocycles. The lowest BCUT2D eigenvalue weighted by Crippen LogP contribution is -2.34. The molecular formula is C26H26FNO5. The summed E-state index contributed by atoms with van der Waals surface area (Å²) in [4.78, 5) is 24.1. The molecule has 1 aromatic heterocycles. The molecule has 0 saturated heterocycles. The second kappa shape index (κ2) is 10.3. The number of halogens is 1. The van der Waals surface area contributed by atoms with Crippen LogP contribution in [0.4, 0.5) is 4.39 Å². The van der Waals surface area contributed by atoms with Gasteiger partial charge in [-0.25, -0.2) is 9.18 Å². The third kappa shape index (κ3) is 5.75. The number of methoxy groups -OCH3 is 1. The number of aromatic nitrogens is 1. The van der Waals surface area contributed by atoms with Gasteiger partial charge >= 0.3 is 5.97 Å². The number of carboxylic acids is 1. The highest BCUT2D eigenvalue weighted by Crippen LogP contribution is 2.20. The Morgan fingerprint density at radius 2 is 1.88 bits per heavy atom. The van der Waals surface area contributed by atoms with Crippen molar-refractivity contribution in [3.8, 4) is 5.75 Å². The van der Waals surface area contributed by atoms with E-state index in [1.165, 1.54) is 13.8 Å². The number of aliphatic carboxylic acids is 1. The summed E-state index contributed by atoms with van der Waals surface area (Å²) in [6, 6.07) is 15.3. The average Bonchev–Trinajstić information content (AvgIpc) is 3.27. The number of ether oxygens (including phenoxy) is 2. The molecule has 1 N–H and O–H groups in total. The summed E-state index contributed by atoms with van der Waals surface area (Å²) < 4.78 is 27.2. The number of hydrogen-bond donors (Lipinski definition) is 1. The van der Waals surface area contributed by atoms with Crippen LogP contribution in [-0.4, -0.2) is 34.1 Å². The summed E-state index contributed by atoms with van der Waals surface area (Å²) in [5.74, 6) is -1.14. The molecule has 172 valence electrons. The van der Waals surface area contributed by atoms with Gasteiger partial charge in [-0.05, 0) is 38.1 Å². The maximum atomic E-state index is 14.9. The molecule has 33 heavy (non-hydrogen) atoms. The van der Waals surface area contributed by atoms with E-state index >= 15 is 0 Å². The average molecular weight is 451 g/mol. The fraction of sp³-hybridized carbons (Fsp3) is 0.231. The minimum Gasteiger partial charge on any atom is -0.497 e. The third-order valence-corrected chi connectivity index (χ3v) is 5.21. The predicted molar refractivity (Wildman–Crippen MR) is 123 cm³/mol. The van der Waals surface area contributed by atoms with Gasteiger partial charge < -0.3 is 19.1 Å². The van der Waals surface area contributed by atoms with Crippen molar-refractivity contribution in [2.24, 2.45) is 0 Å². The van der Waals surface area contributed by atoms with Gasteiger partial charge in [-0.3, -0.25) is 4.79 Å². The van der Waals surface area contributed by atoms with E-state index in [1.807, 2.05) is 0 Å². The molecule has 0 spiro atoms. The van der Waals surface area contributed by atoms with Crippen molar-refractivity contribution in [2.75, 3.05) is 7.11 Å². The van der Waals surface area contributed by atoms with E-state index in [0.717, 1.165) is 0 Å². The van der Waals surface area contributed by atoms with Gasteiger partial charge in [-0.15, -0.1) is 0 Å². The second-order valence-corrected chi connectivity index (χ2v) is 7.93. The molecule has 2 aromatic carbocycles. The number of carbonyl (C=O) groups excluding carboxylic acids is 1. The first-order valence-electron chi connectivity index (χ1n) is 10.4. The zero-order valence-electron chi connectivity index (χ0n) is 18.7. The van der Waals surface area contributed by atoms with Gasteiger partial charge in [0.15, 0.2) is 5.60 Å². The number of ketones is 1. The van der Waals surface area contributed by atoms with Gasteiger partial charge in [0.1, 0.15) is 11.6 Å². The Balaban J connectivity index is 1.72. The van der Waals surface area contributed by atoms with Gasteiger partial charge in [0.05, 0.1) is 19.4 Å². The monoisotopic (exact) mass is 451 g/mol. The van der Waals surface area contributed by atoms with Crippen LogP contribution >= 0.6 is 0 Å². The molecular weight excluding hydrogens is 425 g/mol. The normalized spacial score (nSPS) is 11.6. The summed E-state index contributed by atoms with van der Waals surface area (Å²) in [7, 11) is 1.55. The number of benzene rings is 2. The molecule has 0 unspecified atom stereocenters. The fourth-order valence-electron chi connectivity index (χ4n) is 3.14. The number of rotatable bonds is 10. The molecule has 3 rings (SSSR count). The van der Waals surface area contributed by atoms with Crippen LogP contribution in [0, 0.1) is 5.82 Å². The second-order valence-electron chi connectivity index (χ2n) is 7.93. The topological polar surface area (TPSA) is 77.8 Å². The first-order valence-corrected chi connectivity index (χ1v) is 10.4. The van der Waals surface area contributed by atoms with Crippen LogP contribution in [0.3, 0.4) is 0 Å². The maximum absolute atomic E-state index is 14.9. The van der Waals surface area contributed by atoms with Gasteiger partial charge in [0, 0.05) is 29.4 Å². The van der Waals surface area contributed by atoms with Crippen LogP contribution in [0.5, 0.6) is 5.75 Å². The first-order chi connectivity index (χ1) is 15.7. The van der Waals surface area contributed by atoms with E-state index in [2.05, 4.69) is 0 Å². The molecule has 0 bridgehead atoms. The summed E-state index contributed by atoms with van der Waals surface area (Å²) >= 11 is 0. The van der Waals surface area contributed by atoms with Crippen molar-refractivity contribution in [3.05, 3.63) is 95.1 Å². The number of carbonyl (C=O) groups is 2. The van der Waals surface area contributed by atoms with E-state index in [-0.39, 0.29) is 18.0 Å². The number of hydrogen-bond acceptors (Lipinski definition) is 4. The molecule has 3 aromatic rings. The minimum absolute atomic E-state index is 0.140. The molecule has 0 aliphatic heterocycles. The van der Waals surface area contributed by atoms with E-state index in [0.29, 0.717) is 29.1 Å². The van der Waals surface area contributed by atoms with Crippen LogP contribution in [-0.2, 0) is 22.7 Å². The van der Waals surface area contributed by atoms with Gasteiger partial charge in [0.25, 0.3) is 0 Å². The number of nitrogens with zero attached hydrogens (tertiary/aromatic N) is 1. The third-order valence-electron chi connectivity index (χ3n) is 5.21. The Kier molecular flexibility index (Phi) is 7.45. The van der Waals surface area contributed by atoms with Gasteiger partial charge in [0.2, 0.25) is 5.78 Å². The summed E-state index contributed by atoms with van der Waals surface area (Å²) in [6.07, 6.45) is 5.17. The fourth-order valence-corrected chi connectivity index (χ4v) is 3.14. The smallest absolute Gasteiger partial charge is 0.335 e. The highest BCUT2D eigenvalue weighted by Gasteiger charge is 2.28. The van der Waals surface area contributed by atoms with Crippen molar-refractivity contribution in [1.29, 1.82) is 0 Å². The van der Waals surface area contributed by atoms with Crippen molar-refractivity contribution in [1.82, 2.24) is 4.57 Å². The molecule has 0 radical (unpaired) electrons. The Labute approximate surface area is 191 Å².